The van der Waals surface area contributed by atoms with Gasteiger partial charge in [-0.15, -0.1) is 0 Å². The molecule has 116 valence electrons. The number of carbonyl (C=O) groups is 3. The fourth-order valence-electron chi connectivity index (χ4n) is 2.83. The summed E-state index contributed by atoms with van der Waals surface area (Å²) in [4.78, 5) is 34.3. The molecule has 1 aliphatic heterocycles. The average Bonchev–Trinajstić information content (AvgIpc) is 2.37. The number of aryl methyl sites for hydroxylation is 1. The predicted molar refractivity (Wildman–Crippen MR) is 75.8 cm³/mol. The van der Waals surface area contributed by atoms with Crippen LogP contribution in [-0.4, -0.2) is 22.9 Å². The highest BCUT2D eigenvalue weighted by atomic mass is 19.1. The second kappa shape index (κ2) is 5.40. The Morgan fingerprint density at radius 1 is 1.23 bits per heavy atom. The number of anilines is 2. The summed E-state index contributed by atoms with van der Waals surface area (Å²) in [6, 6.07) is 2.67. The van der Waals surface area contributed by atoms with Crippen molar-refractivity contribution in [1.82, 2.24) is 0 Å². The Hall–Kier alpha value is -2.44. The molecule has 3 rings (SSSR count). The maximum Gasteiger partial charge on any atom is 0.307 e. The van der Waals surface area contributed by atoms with E-state index in [1.807, 2.05) is 0 Å². The highest BCUT2D eigenvalue weighted by Crippen LogP contribution is 2.36. The molecule has 0 saturated heterocycles. The van der Waals surface area contributed by atoms with E-state index in [4.69, 9.17) is 5.11 Å². The molecule has 7 heteroatoms. The third-order valence-corrected chi connectivity index (χ3v) is 4.27. The largest absolute Gasteiger partial charge is 0.481 e. The summed E-state index contributed by atoms with van der Waals surface area (Å²) in [5, 5.41) is 14.0. The predicted octanol–water partition coefficient (Wildman–Crippen LogP) is 1.76. The van der Waals surface area contributed by atoms with Gasteiger partial charge in [-0.2, -0.15) is 0 Å². The van der Waals surface area contributed by atoms with Gasteiger partial charge < -0.3 is 15.7 Å². The Morgan fingerprint density at radius 3 is 2.59 bits per heavy atom. The highest BCUT2D eigenvalue weighted by molar-refractivity contribution is 5.98. The third-order valence-electron chi connectivity index (χ3n) is 4.27. The van der Waals surface area contributed by atoms with E-state index in [1.165, 1.54) is 12.1 Å². The molecule has 2 aliphatic rings. The molecule has 3 N–H and O–H groups in total. The molecule has 2 atom stereocenters. The number of aliphatic carboxylic acids is 1. The lowest BCUT2D eigenvalue weighted by molar-refractivity contribution is -0.151. The Balaban J connectivity index is 1.77. The minimum absolute atomic E-state index is 0.0240. The van der Waals surface area contributed by atoms with Crippen LogP contribution in [0.3, 0.4) is 0 Å². The minimum atomic E-state index is -1.000. The normalized spacial score (nSPS) is 23.0. The number of rotatable bonds is 3. The van der Waals surface area contributed by atoms with Gasteiger partial charge in [-0.05, 0) is 37.0 Å². The zero-order chi connectivity index (χ0) is 15.9. The molecule has 0 radical (unpaired) electrons. The number of carbonyl (C=O) groups excluding carboxylic acids is 2. The molecule has 2 unspecified atom stereocenters. The summed E-state index contributed by atoms with van der Waals surface area (Å²) >= 11 is 0. The Morgan fingerprint density at radius 2 is 1.95 bits per heavy atom. The lowest BCUT2D eigenvalue weighted by atomic mass is 9.73. The minimum Gasteiger partial charge on any atom is -0.481 e. The van der Waals surface area contributed by atoms with Crippen molar-refractivity contribution in [3.05, 3.63) is 23.5 Å². The zero-order valence-corrected chi connectivity index (χ0v) is 11.7. The van der Waals surface area contributed by atoms with E-state index in [1.54, 1.807) is 0 Å². The summed E-state index contributed by atoms with van der Waals surface area (Å²) in [5.41, 5.74) is 1.19. The van der Waals surface area contributed by atoms with Crippen molar-refractivity contribution in [2.45, 2.75) is 25.7 Å². The lowest BCUT2D eigenvalue weighted by Gasteiger charge is -2.32. The van der Waals surface area contributed by atoms with Crippen molar-refractivity contribution in [1.29, 1.82) is 0 Å². The van der Waals surface area contributed by atoms with E-state index in [9.17, 15) is 18.8 Å². The summed E-state index contributed by atoms with van der Waals surface area (Å²) in [6.07, 6.45) is 1.75. The van der Waals surface area contributed by atoms with Crippen LogP contribution in [0.1, 0.15) is 24.8 Å². The molecule has 6 nitrogen and oxygen atoms in total. The van der Waals surface area contributed by atoms with Gasteiger partial charge in [-0.1, -0.05) is 0 Å². The van der Waals surface area contributed by atoms with E-state index in [0.29, 0.717) is 31.4 Å². The van der Waals surface area contributed by atoms with Gasteiger partial charge >= 0.3 is 5.97 Å². The van der Waals surface area contributed by atoms with E-state index >= 15 is 0 Å². The van der Waals surface area contributed by atoms with Crippen LogP contribution in [0.15, 0.2) is 12.1 Å². The Bertz CT molecular complexity index is 674. The Kier molecular flexibility index (Phi) is 3.56. The number of fused-ring (bicyclic) bond motifs is 1. The second-order valence-electron chi connectivity index (χ2n) is 5.66. The molecular formula is C15H15FN2O4. The van der Waals surface area contributed by atoms with Gasteiger partial charge in [-0.25, -0.2) is 4.39 Å². The first-order chi connectivity index (χ1) is 10.5. The monoisotopic (exact) mass is 306 g/mol. The molecule has 1 saturated carbocycles. The van der Waals surface area contributed by atoms with Crippen molar-refractivity contribution in [2.75, 3.05) is 10.6 Å². The van der Waals surface area contributed by atoms with Gasteiger partial charge in [-0.3, -0.25) is 14.4 Å². The molecule has 1 heterocycles. The van der Waals surface area contributed by atoms with E-state index in [0.717, 1.165) is 5.56 Å². The van der Waals surface area contributed by atoms with Crippen LogP contribution in [-0.2, 0) is 20.8 Å². The SMILES string of the molecule is O=C1CCc2cc(NC(=O)C3CCC3C(=O)O)c(F)cc2N1. The first-order valence-electron chi connectivity index (χ1n) is 7.11. The van der Waals surface area contributed by atoms with E-state index in [-0.39, 0.29) is 11.6 Å². The van der Waals surface area contributed by atoms with Gasteiger partial charge in [0, 0.05) is 12.1 Å². The summed E-state index contributed by atoms with van der Waals surface area (Å²) in [6.45, 7) is 0. The fraction of sp³-hybridized carbons (Fsp3) is 0.400. The van der Waals surface area contributed by atoms with Crippen LogP contribution in [0.4, 0.5) is 15.8 Å². The number of hydrogen-bond donors (Lipinski definition) is 3. The first kappa shape index (κ1) is 14.5. The van der Waals surface area contributed by atoms with Gasteiger partial charge in [0.2, 0.25) is 11.8 Å². The summed E-state index contributed by atoms with van der Waals surface area (Å²) in [7, 11) is 0. The van der Waals surface area contributed by atoms with Crippen LogP contribution >= 0.6 is 0 Å². The maximum absolute atomic E-state index is 14.0. The molecule has 22 heavy (non-hydrogen) atoms. The van der Waals surface area contributed by atoms with Crippen molar-refractivity contribution >= 4 is 29.2 Å². The topological polar surface area (TPSA) is 95.5 Å². The lowest BCUT2D eigenvalue weighted by Crippen LogP contribution is -2.41. The van der Waals surface area contributed by atoms with Crippen molar-refractivity contribution in [3.8, 4) is 0 Å². The van der Waals surface area contributed by atoms with E-state index < -0.39 is 29.5 Å². The van der Waals surface area contributed by atoms with Crippen LogP contribution in [0.2, 0.25) is 0 Å². The number of nitrogens with one attached hydrogen (secondary N) is 2. The summed E-state index contributed by atoms with van der Waals surface area (Å²) < 4.78 is 14.0. The molecule has 2 amide bonds. The smallest absolute Gasteiger partial charge is 0.307 e. The molecular weight excluding hydrogens is 291 g/mol. The fourth-order valence-corrected chi connectivity index (χ4v) is 2.83. The number of halogens is 1. The van der Waals surface area contributed by atoms with Gasteiger partial charge in [0.1, 0.15) is 5.82 Å². The number of carboxylic acid groups (broad SMARTS) is 1. The van der Waals surface area contributed by atoms with Crippen molar-refractivity contribution < 1.29 is 23.9 Å². The van der Waals surface area contributed by atoms with E-state index in [2.05, 4.69) is 10.6 Å². The molecule has 1 aromatic carbocycles. The van der Waals surface area contributed by atoms with Crippen LogP contribution in [0.25, 0.3) is 0 Å². The number of hydrogen-bond acceptors (Lipinski definition) is 3. The quantitative estimate of drug-likeness (QED) is 0.793. The maximum atomic E-state index is 14.0. The molecule has 0 aromatic heterocycles. The number of benzene rings is 1. The molecule has 0 bridgehead atoms. The average molecular weight is 306 g/mol. The first-order valence-corrected chi connectivity index (χ1v) is 7.11. The van der Waals surface area contributed by atoms with Crippen LogP contribution in [0.5, 0.6) is 0 Å². The van der Waals surface area contributed by atoms with Crippen molar-refractivity contribution in [3.63, 3.8) is 0 Å². The van der Waals surface area contributed by atoms with Gasteiger partial charge in [0.25, 0.3) is 0 Å². The molecule has 1 aromatic rings. The Labute approximate surface area is 125 Å². The van der Waals surface area contributed by atoms with Crippen LogP contribution in [0, 0.1) is 17.7 Å². The summed E-state index contributed by atoms with van der Waals surface area (Å²) in [5.74, 6) is -3.60. The second-order valence-corrected chi connectivity index (χ2v) is 5.66. The van der Waals surface area contributed by atoms with Gasteiger partial charge in [0.05, 0.1) is 17.5 Å². The third kappa shape index (κ3) is 2.54. The molecule has 0 spiro atoms. The number of amides is 2. The standard InChI is InChI=1S/C15H15FN2O4/c16-10-6-11-7(1-4-13(19)17-11)5-12(10)18-14(20)8-2-3-9(8)15(21)22/h5-6,8-9H,1-4H2,(H,17,19)(H,18,20)(H,21,22). The van der Waals surface area contributed by atoms with Gasteiger partial charge in [0.15, 0.2) is 0 Å². The highest BCUT2D eigenvalue weighted by Gasteiger charge is 2.41. The molecule has 1 aliphatic carbocycles. The van der Waals surface area contributed by atoms with Crippen molar-refractivity contribution in [2.24, 2.45) is 11.8 Å². The zero-order valence-electron chi connectivity index (χ0n) is 11.7. The van der Waals surface area contributed by atoms with Crippen LogP contribution < -0.4 is 10.6 Å². The molecule has 1 fully saturated rings. The number of carboxylic acids is 1.